The highest BCUT2D eigenvalue weighted by Gasteiger charge is 2.29. The zero-order valence-corrected chi connectivity index (χ0v) is 14.1. The quantitative estimate of drug-likeness (QED) is 0.696. The largest absolute Gasteiger partial charge is 0.468 e. The molecule has 0 saturated carbocycles. The summed E-state index contributed by atoms with van der Waals surface area (Å²) in [6.45, 7) is -2.28. The first kappa shape index (κ1) is 21.1. The van der Waals surface area contributed by atoms with Gasteiger partial charge in [0.2, 0.25) is 11.8 Å². The molecule has 0 bridgehead atoms. The van der Waals surface area contributed by atoms with Crippen LogP contribution in [-0.2, 0) is 11.3 Å². The van der Waals surface area contributed by atoms with Crippen molar-refractivity contribution in [1.82, 2.24) is 15.6 Å². The zero-order chi connectivity index (χ0) is 20.7. The van der Waals surface area contributed by atoms with E-state index in [4.69, 9.17) is 0 Å². The lowest BCUT2D eigenvalue weighted by molar-refractivity contribution is -0.154. The number of aromatic nitrogens is 1. The molecule has 1 aromatic carbocycles. The average molecular weight is 403 g/mol. The van der Waals surface area contributed by atoms with Crippen LogP contribution in [0.3, 0.4) is 0 Å². The van der Waals surface area contributed by atoms with Gasteiger partial charge in [0.05, 0.1) is 12.1 Å². The summed E-state index contributed by atoms with van der Waals surface area (Å²) < 4.78 is 67.6. The Labute approximate surface area is 155 Å². The lowest BCUT2D eigenvalue weighted by atomic mass is 10.2. The van der Waals surface area contributed by atoms with Crippen LogP contribution in [0.4, 0.5) is 22.0 Å². The molecule has 28 heavy (non-hydrogen) atoms. The first-order valence-corrected chi connectivity index (χ1v) is 7.79. The molecule has 0 atom stereocenters. The second kappa shape index (κ2) is 9.11. The summed E-state index contributed by atoms with van der Waals surface area (Å²) in [6, 6.07) is 5.20. The smallest absolute Gasteiger partial charge is 0.422 e. The number of nitrogens with zero attached hydrogens (tertiary/aromatic N) is 1. The molecule has 0 aliphatic heterocycles. The second-order valence-electron chi connectivity index (χ2n) is 5.46. The SMILES string of the molecule is O=C(CNC(=O)c1ccc(F)cc1F)NCc1cccnc1OCC(F)(F)F. The topological polar surface area (TPSA) is 80.3 Å². The summed E-state index contributed by atoms with van der Waals surface area (Å²) >= 11 is 0. The van der Waals surface area contributed by atoms with E-state index >= 15 is 0 Å². The van der Waals surface area contributed by atoms with Gasteiger partial charge in [0.1, 0.15) is 11.6 Å². The molecule has 1 aromatic heterocycles. The van der Waals surface area contributed by atoms with Crippen LogP contribution in [0, 0.1) is 11.6 Å². The van der Waals surface area contributed by atoms with Crippen LogP contribution in [0.5, 0.6) is 5.88 Å². The lowest BCUT2D eigenvalue weighted by Gasteiger charge is -2.12. The van der Waals surface area contributed by atoms with Crippen LogP contribution in [0.2, 0.25) is 0 Å². The molecule has 11 heteroatoms. The molecule has 0 aliphatic carbocycles. The fourth-order valence-corrected chi connectivity index (χ4v) is 2.02. The third-order valence-electron chi connectivity index (χ3n) is 3.28. The second-order valence-corrected chi connectivity index (χ2v) is 5.46. The number of halogens is 5. The number of nitrogens with one attached hydrogen (secondary N) is 2. The van der Waals surface area contributed by atoms with Gasteiger partial charge in [-0.15, -0.1) is 0 Å². The van der Waals surface area contributed by atoms with Gasteiger partial charge < -0.3 is 15.4 Å². The van der Waals surface area contributed by atoms with Crippen LogP contribution in [0.25, 0.3) is 0 Å². The highest BCUT2D eigenvalue weighted by atomic mass is 19.4. The molecule has 0 saturated heterocycles. The van der Waals surface area contributed by atoms with E-state index in [9.17, 15) is 31.5 Å². The number of hydrogen-bond donors (Lipinski definition) is 2. The third kappa shape index (κ3) is 6.49. The van der Waals surface area contributed by atoms with Crippen molar-refractivity contribution in [3.8, 4) is 5.88 Å². The van der Waals surface area contributed by atoms with Crippen molar-refractivity contribution in [2.75, 3.05) is 13.2 Å². The van der Waals surface area contributed by atoms with Crippen molar-refractivity contribution in [2.24, 2.45) is 0 Å². The molecule has 0 spiro atoms. The van der Waals surface area contributed by atoms with Crippen molar-refractivity contribution in [1.29, 1.82) is 0 Å². The van der Waals surface area contributed by atoms with Gasteiger partial charge in [0, 0.05) is 24.4 Å². The van der Waals surface area contributed by atoms with Crippen LogP contribution < -0.4 is 15.4 Å². The van der Waals surface area contributed by atoms with E-state index in [1.54, 1.807) is 0 Å². The van der Waals surface area contributed by atoms with Crippen LogP contribution in [0.15, 0.2) is 36.5 Å². The molecule has 2 N–H and O–H groups in total. The number of hydrogen-bond acceptors (Lipinski definition) is 4. The molecule has 0 radical (unpaired) electrons. The number of carbonyl (C=O) groups excluding carboxylic acids is 2. The van der Waals surface area contributed by atoms with Crippen LogP contribution >= 0.6 is 0 Å². The lowest BCUT2D eigenvalue weighted by Crippen LogP contribution is -2.37. The Morgan fingerprint density at radius 1 is 1.11 bits per heavy atom. The third-order valence-corrected chi connectivity index (χ3v) is 3.28. The van der Waals surface area contributed by atoms with E-state index in [0.29, 0.717) is 6.07 Å². The van der Waals surface area contributed by atoms with E-state index < -0.39 is 48.3 Å². The van der Waals surface area contributed by atoms with Crippen molar-refractivity contribution < 1.29 is 36.3 Å². The summed E-state index contributed by atoms with van der Waals surface area (Å²) in [5.41, 5.74) is -0.250. The Bertz CT molecular complexity index is 858. The molecule has 0 aliphatic rings. The molecule has 2 rings (SSSR count). The molecule has 2 amide bonds. The van der Waals surface area contributed by atoms with Crippen molar-refractivity contribution in [2.45, 2.75) is 12.7 Å². The molecule has 0 fully saturated rings. The van der Waals surface area contributed by atoms with Gasteiger partial charge in [0.15, 0.2) is 6.61 Å². The predicted octanol–water partition coefficient (Wildman–Crippen LogP) is 2.35. The van der Waals surface area contributed by atoms with Crippen LogP contribution in [0.1, 0.15) is 15.9 Å². The standard InChI is InChI=1S/C17H14F5N3O3/c18-11-3-4-12(13(19)6-11)15(27)25-8-14(26)24-7-10-2-1-5-23-16(10)28-9-17(20,21)22/h1-6H,7-9H2,(H,24,26)(H,25,27). The van der Waals surface area contributed by atoms with E-state index in [0.717, 1.165) is 12.1 Å². The predicted molar refractivity (Wildman–Crippen MR) is 86.3 cm³/mol. The van der Waals surface area contributed by atoms with Crippen molar-refractivity contribution >= 4 is 11.8 Å². The van der Waals surface area contributed by atoms with E-state index in [2.05, 4.69) is 20.4 Å². The molecule has 0 unspecified atom stereocenters. The van der Waals surface area contributed by atoms with Gasteiger partial charge in [0.25, 0.3) is 5.91 Å². The first-order valence-electron chi connectivity index (χ1n) is 7.79. The Balaban J connectivity index is 1.86. The normalized spacial score (nSPS) is 11.0. The monoisotopic (exact) mass is 403 g/mol. The molecule has 6 nitrogen and oxygen atoms in total. The summed E-state index contributed by atoms with van der Waals surface area (Å²) in [4.78, 5) is 27.3. The number of rotatable bonds is 7. The molecular weight excluding hydrogens is 389 g/mol. The molecule has 1 heterocycles. The number of benzene rings is 1. The fraction of sp³-hybridized carbons (Fsp3) is 0.235. The average Bonchev–Trinajstić information content (AvgIpc) is 2.62. The molecular formula is C17H14F5N3O3. The Morgan fingerprint density at radius 2 is 1.86 bits per heavy atom. The number of alkyl halides is 3. The summed E-state index contributed by atoms with van der Waals surface area (Å²) in [6.07, 6.45) is -3.31. The van der Waals surface area contributed by atoms with Gasteiger partial charge in [-0.2, -0.15) is 13.2 Å². The first-order chi connectivity index (χ1) is 13.2. The van der Waals surface area contributed by atoms with Crippen LogP contribution in [-0.4, -0.2) is 36.1 Å². The fourth-order valence-electron chi connectivity index (χ4n) is 2.02. The Morgan fingerprint density at radius 3 is 2.54 bits per heavy atom. The maximum Gasteiger partial charge on any atom is 0.422 e. The van der Waals surface area contributed by atoms with Crippen molar-refractivity contribution in [3.05, 3.63) is 59.3 Å². The van der Waals surface area contributed by atoms with Crippen molar-refractivity contribution in [3.63, 3.8) is 0 Å². The number of carbonyl (C=O) groups is 2. The minimum Gasteiger partial charge on any atom is -0.468 e. The highest BCUT2D eigenvalue weighted by molar-refractivity contribution is 5.96. The number of ether oxygens (including phenoxy) is 1. The van der Waals surface area contributed by atoms with Gasteiger partial charge in [-0.1, -0.05) is 6.07 Å². The van der Waals surface area contributed by atoms with E-state index in [1.807, 2.05) is 0 Å². The molecule has 150 valence electrons. The van der Waals surface area contributed by atoms with E-state index in [-0.39, 0.29) is 18.0 Å². The highest BCUT2D eigenvalue weighted by Crippen LogP contribution is 2.19. The minimum atomic E-state index is -4.54. The maximum absolute atomic E-state index is 13.5. The summed E-state index contributed by atoms with van der Waals surface area (Å²) in [5.74, 6) is -3.85. The minimum absolute atomic E-state index is 0.191. The van der Waals surface area contributed by atoms with E-state index in [1.165, 1.54) is 18.3 Å². The van der Waals surface area contributed by atoms with Gasteiger partial charge >= 0.3 is 6.18 Å². The maximum atomic E-state index is 13.5. The summed E-state index contributed by atoms with van der Waals surface area (Å²) in [7, 11) is 0. The Kier molecular flexibility index (Phi) is 6.85. The Hall–Kier alpha value is -3.24. The summed E-state index contributed by atoms with van der Waals surface area (Å²) in [5, 5.41) is 4.50. The van der Waals surface area contributed by atoms with Gasteiger partial charge in [-0.3, -0.25) is 9.59 Å². The number of amides is 2. The molecule has 2 aromatic rings. The van der Waals surface area contributed by atoms with Gasteiger partial charge in [-0.05, 0) is 18.2 Å². The van der Waals surface area contributed by atoms with Gasteiger partial charge in [-0.25, -0.2) is 13.8 Å². The number of pyridine rings is 1. The zero-order valence-electron chi connectivity index (χ0n) is 14.1.